The van der Waals surface area contributed by atoms with E-state index in [0.29, 0.717) is 38.3 Å². The fourth-order valence-corrected chi connectivity index (χ4v) is 4.00. The number of hydrogen-bond donors (Lipinski definition) is 3. The lowest BCUT2D eigenvalue weighted by molar-refractivity contribution is -0.115. The van der Waals surface area contributed by atoms with Crippen molar-refractivity contribution in [1.82, 2.24) is 5.32 Å². The Morgan fingerprint density at radius 2 is 1.96 bits per heavy atom. The summed E-state index contributed by atoms with van der Waals surface area (Å²) in [7, 11) is 0. The molecule has 6 nitrogen and oxygen atoms in total. The lowest BCUT2D eigenvalue weighted by atomic mass is 10.1. The first kappa shape index (κ1) is 22.4. The smallest absolute Gasteiger partial charge is 0.269 e. The van der Waals surface area contributed by atoms with Gasteiger partial charge in [0.25, 0.3) is 5.91 Å². The normalized spacial score (nSPS) is 11.3. The van der Waals surface area contributed by atoms with Crippen LogP contribution in [0, 0.1) is 0 Å². The van der Waals surface area contributed by atoms with E-state index in [9.17, 15) is 10.0 Å². The molecular formula is C20H23Br2N3O3. The first-order valence-electron chi connectivity index (χ1n) is 8.89. The van der Waals surface area contributed by atoms with Gasteiger partial charge in [-0.1, -0.05) is 51.4 Å². The van der Waals surface area contributed by atoms with Crippen LogP contribution < -0.4 is 15.8 Å². The fraction of sp³-hybridized carbons (Fsp3) is 0.300. The van der Waals surface area contributed by atoms with Crippen LogP contribution in [0.5, 0.6) is 5.75 Å². The molecule has 0 aliphatic heterocycles. The number of nitrogens with two attached hydrogens (primary N) is 1. The molecule has 0 spiro atoms. The SMILES string of the molecule is NCCCOc1c(Br)cc(Br)cc1C/C(=N/O)C(=O)NCCc1ccccc1. The van der Waals surface area contributed by atoms with Crippen LogP contribution in [0.4, 0.5) is 0 Å². The molecule has 0 fully saturated rings. The van der Waals surface area contributed by atoms with Crippen molar-refractivity contribution in [3.63, 3.8) is 0 Å². The Hall–Kier alpha value is -1.90. The summed E-state index contributed by atoms with van der Waals surface area (Å²) in [5.74, 6) is 0.192. The maximum Gasteiger partial charge on any atom is 0.269 e. The minimum atomic E-state index is -0.414. The topological polar surface area (TPSA) is 96.9 Å². The summed E-state index contributed by atoms with van der Waals surface area (Å²) in [6.07, 6.45) is 1.54. The minimum absolute atomic E-state index is 0.0155. The summed E-state index contributed by atoms with van der Waals surface area (Å²) in [4.78, 5) is 12.4. The number of carbonyl (C=O) groups is 1. The Labute approximate surface area is 181 Å². The van der Waals surface area contributed by atoms with Gasteiger partial charge >= 0.3 is 0 Å². The van der Waals surface area contributed by atoms with E-state index < -0.39 is 5.91 Å². The summed E-state index contributed by atoms with van der Waals surface area (Å²) in [5.41, 5.74) is 7.38. The third-order valence-electron chi connectivity index (χ3n) is 3.96. The van der Waals surface area contributed by atoms with E-state index in [1.165, 1.54) is 0 Å². The van der Waals surface area contributed by atoms with Gasteiger partial charge in [0, 0.05) is 23.0 Å². The molecular weight excluding hydrogens is 490 g/mol. The third kappa shape index (κ3) is 6.92. The maximum atomic E-state index is 12.4. The van der Waals surface area contributed by atoms with Gasteiger partial charge < -0.3 is 21.0 Å². The molecule has 0 saturated carbocycles. The quantitative estimate of drug-likeness (QED) is 0.196. The molecule has 8 heteroatoms. The molecule has 0 aliphatic rings. The predicted octanol–water partition coefficient (Wildman–Crippen LogP) is 3.67. The number of amides is 1. The van der Waals surface area contributed by atoms with Crippen molar-refractivity contribution < 1.29 is 14.7 Å². The molecule has 150 valence electrons. The number of rotatable bonds is 10. The monoisotopic (exact) mass is 511 g/mol. The molecule has 0 unspecified atom stereocenters. The van der Waals surface area contributed by atoms with Crippen molar-refractivity contribution in [3.05, 3.63) is 62.5 Å². The van der Waals surface area contributed by atoms with E-state index in [4.69, 9.17) is 10.5 Å². The van der Waals surface area contributed by atoms with Crippen LogP contribution in [-0.4, -0.2) is 36.5 Å². The highest BCUT2D eigenvalue weighted by Crippen LogP contribution is 2.33. The van der Waals surface area contributed by atoms with E-state index in [2.05, 4.69) is 42.3 Å². The van der Waals surface area contributed by atoms with Crippen LogP contribution in [0.1, 0.15) is 17.5 Å². The lowest BCUT2D eigenvalue weighted by Crippen LogP contribution is -2.33. The summed E-state index contributed by atoms with van der Waals surface area (Å²) >= 11 is 6.91. The van der Waals surface area contributed by atoms with Crippen LogP contribution >= 0.6 is 31.9 Å². The number of hydrogen-bond acceptors (Lipinski definition) is 5. The van der Waals surface area contributed by atoms with Crippen LogP contribution in [-0.2, 0) is 17.6 Å². The zero-order valence-electron chi connectivity index (χ0n) is 15.3. The van der Waals surface area contributed by atoms with E-state index in [1.54, 1.807) is 0 Å². The molecule has 0 radical (unpaired) electrons. The van der Waals surface area contributed by atoms with E-state index in [-0.39, 0.29) is 12.1 Å². The number of halogens is 2. The van der Waals surface area contributed by atoms with Gasteiger partial charge in [0.2, 0.25) is 0 Å². The summed E-state index contributed by atoms with van der Waals surface area (Å²) in [6, 6.07) is 13.5. The second-order valence-corrected chi connectivity index (χ2v) is 7.85. The zero-order valence-corrected chi connectivity index (χ0v) is 18.5. The van der Waals surface area contributed by atoms with Crippen LogP contribution in [0.15, 0.2) is 56.6 Å². The highest BCUT2D eigenvalue weighted by Gasteiger charge is 2.18. The molecule has 0 aromatic heterocycles. The van der Waals surface area contributed by atoms with Crippen molar-refractivity contribution in [3.8, 4) is 5.75 Å². The molecule has 2 aromatic carbocycles. The number of ether oxygens (including phenoxy) is 1. The van der Waals surface area contributed by atoms with Crippen molar-refractivity contribution in [2.45, 2.75) is 19.3 Å². The Morgan fingerprint density at radius 3 is 2.64 bits per heavy atom. The Kier molecular flexibility index (Phi) is 9.46. The maximum absolute atomic E-state index is 12.4. The second-order valence-electron chi connectivity index (χ2n) is 6.08. The molecule has 2 aromatic rings. The Bertz CT molecular complexity index is 814. The van der Waals surface area contributed by atoms with Crippen molar-refractivity contribution in [2.24, 2.45) is 10.9 Å². The van der Waals surface area contributed by atoms with E-state index in [0.717, 1.165) is 20.1 Å². The molecule has 0 atom stereocenters. The van der Waals surface area contributed by atoms with E-state index in [1.807, 2.05) is 42.5 Å². The first-order chi connectivity index (χ1) is 13.5. The molecule has 0 saturated heterocycles. The molecule has 1 amide bonds. The number of nitrogens with one attached hydrogen (secondary N) is 1. The second kappa shape index (κ2) is 11.8. The molecule has 4 N–H and O–H groups in total. The van der Waals surface area contributed by atoms with Gasteiger partial charge in [0.15, 0.2) is 0 Å². The van der Waals surface area contributed by atoms with Gasteiger partial charge in [0.05, 0.1) is 11.1 Å². The lowest BCUT2D eigenvalue weighted by Gasteiger charge is -2.14. The average Bonchev–Trinajstić information content (AvgIpc) is 2.68. The van der Waals surface area contributed by atoms with Crippen molar-refractivity contribution in [2.75, 3.05) is 19.7 Å². The van der Waals surface area contributed by atoms with Gasteiger partial charge in [-0.3, -0.25) is 4.79 Å². The average molecular weight is 513 g/mol. The molecule has 2 rings (SSSR count). The zero-order chi connectivity index (χ0) is 20.4. The van der Waals surface area contributed by atoms with Gasteiger partial charge in [-0.15, -0.1) is 0 Å². The van der Waals surface area contributed by atoms with Gasteiger partial charge in [-0.2, -0.15) is 0 Å². The van der Waals surface area contributed by atoms with Crippen LogP contribution in [0.2, 0.25) is 0 Å². The van der Waals surface area contributed by atoms with Crippen molar-refractivity contribution in [1.29, 1.82) is 0 Å². The molecule has 0 bridgehead atoms. The highest BCUT2D eigenvalue weighted by atomic mass is 79.9. The minimum Gasteiger partial charge on any atom is -0.492 e. The summed E-state index contributed by atoms with van der Waals surface area (Å²) in [5, 5.41) is 15.4. The number of nitrogens with zero attached hydrogens (tertiary/aromatic N) is 1. The van der Waals surface area contributed by atoms with Crippen molar-refractivity contribution >= 4 is 43.5 Å². The summed E-state index contributed by atoms with van der Waals surface area (Å²) in [6.45, 7) is 1.43. The van der Waals surface area contributed by atoms with Crippen LogP contribution in [0.3, 0.4) is 0 Å². The largest absolute Gasteiger partial charge is 0.492 e. The highest BCUT2D eigenvalue weighted by molar-refractivity contribution is 9.11. The first-order valence-corrected chi connectivity index (χ1v) is 10.5. The third-order valence-corrected chi connectivity index (χ3v) is 5.01. The number of carbonyl (C=O) groups excluding carboxylic acids is 1. The molecule has 28 heavy (non-hydrogen) atoms. The number of oxime groups is 1. The predicted molar refractivity (Wildman–Crippen MR) is 117 cm³/mol. The molecule has 0 aliphatic carbocycles. The number of benzene rings is 2. The van der Waals surface area contributed by atoms with Gasteiger partial charge in [0.1, 0.15) is 11.5 Å². The van der Waals surface area contributed by atoms with Gasteiger partial charge in [-0.05, 0) is 53.0 Å². The Morgan fingerprint density at radius 1 is 1.21 bits per heavy atom. The Balaban J connectivity index is 2.03. The van der Waals surface area contributed by atoms with Crippen LogP contribution in [0.25, 0.3) is 0 Å². The van der Waals surface area contributed by atoms with E-state index >= 15 is 0 Å². The molecule has 0 heterocycles. The fourth-order valence-electron chi connectivity index (χ4n) is 2.57. The summed E-state index contributed by atoms with van der Waals surface area (Å²) < 4.78 is 7.38. The standard InChI is InChI=1S/C20H23Br2N3O3/c21-16-11-15(19(17(22)13-16)28-10-4-8-23)12-18(25-27)20(26)24-9-7-14-5-2-1-3-6-14/h1-3,5-6,11,13,27H,4,7-10,12,23H2,(H,24,26)/b25-18-. The van der Waals surface area contributed by atoms with Gasteiger partial charge in [-0.25, -0.2) is 0 Å².